The normalized spacial score (nSPS) is 10.5. The Balaban J connectivity index is 2.26. The molecule has 1 aromatic carbocycles. The molecule has 0 unspecified atom stereocenters. The highest BCUT2D eigenvalue weighted by molar-refractivity contribution is 6.17. The maximum absolute atomic E-state index is 10.3. The predicted molar refractivity (Wildman–Crippen MR) is 81.8 cm³/mol. The molecule has 1 N–H and O–H groups in total. The second-order valence-corrected chi connectivity index (χ2v) is 5.19. The Morgan fingerprint density at radius 3 is 2.15 bits per heavy atom. The minimum absolute atomic E-state index is 0.248. The number of hydrogen-bond donors (Lipinski definition) is 1. The van der Waals surface area contributed by atoms with Crippen molar-refractivity contribution >= 4 is 29.2 Å². The van der Waals surface area contributed by atoms with Gasteiger partial charge in [0.2, 0.25) is 0 Å². The molecule has 3 nitrogen and oxygen atoms in total. The summed E-state index contributed by atoms with van der Waals surface area (Å²) in [4.78, 5) is 10.3. The van der Waals surface area contributed by atoms with Gasteiger partial charge < -0.3 is 9.84 Å². The fourth-order valence-corrected chi connectivity index (χ4v) is 2.20. The summed E-state index contributed by atoms with van der Waals surface area (Å²) in [7, 11) is 0. The zero-order chi connectivity index (χ0) is 14.8. The highest BCUT2D eigenvalue weighted by Gasteiger charge is 2.02. The highest BCUT2D eigenvalue weighted by Crippen LogP contribution is 2.20. The Morgan fingerprint density at radius 1 is 1.00 bits per heavy atom. The molecule has 20 heavy (non-hydrogen) atoms. The molecule has 5 heteroatoms. The van der Waals surface area contributed by atoms with Crippen LogP contribution in [0, 0.1) is 0 Å². The third-order valence-corrected chi connectivity index (χ3v) is 3.51. The van der Waals surface area contributed by atoms with E-state index in [0.717, 1.165) is 42.6 Å². The molecule has 0 spiro atoms. The van der Waals surface area contributed by atoms with Crippen LogP contribution in [0.1, 0.15) is 43.2 Å². The van der Waals surface area contributed by atoms with Crippen molar-refractivity contribution in [1.29, 1.82) is 0 Å². The third-order valence-electron chi connectivity index (χ3n) is 2.89. The molecule has 0 fully saturated rings. The standard InChI is InChI=1S/C15H20Cl2O3/c16-10-12-7-13(11-17)9-14(8-12)20-6-4-2-1-3-5-15(18)19/h7-9H,1-6,10-11H2,(H,18,19). The topological polar surface area (TPSA) is 46.5 Å². The molecule has 0 saturated carbocycles. The van der Waals surface area contributed by atoms with Gasteiger partial charge in [0, 0.05) is 18.2 Å². The Hall–Kier alpha value is -0.930. The van der Waals surface area contributed by atoms with Crippen LogP contribution in [-0.4, -0.2) is 17.7 Å². The second-order valence-electron chi connectivity index (χ2n) is 4.66. The van der Waals surface area contributed by atoms with E-state index in [2.05, 4.69) is 0 Å². The van der Waals surface area contributed by atoms with E-state index in [1.54, 1.807) is 0 Å². The van der Waals surface area contributed by atoms with E-state index in [1.165, 1.54) is 0 Å². The molecule has 0 atom stereocenters. The van der Waals surface area contributed by atoms with Gasteiger partial charge >= 0.3 is 5.97 Å². The monoisotopic (exact) mass is 318 g/mol. The molecule has 0 aliphatic carbocycles. The lowest BCUT2D eigenvalue weighted by molar-refractivity contribution is -0.137. The minimum atomic E-state index is -0.729. The molecule has 1 rings (SSSR count). The van der Waals surface area contributed by atoms with Crippen molar-refractivity contribution in [2.24, 2.45) is 0 Å². The average molecular weight is 319 g/mol. The van der Waals surface area contributed by atoms with Gasteiger partial charge in [-0.05, 0) is 36.1 Å². The van der Waals surface area contributed by atoms with Crippen molar-refractivity contribution in [2.45, 2.75) is 43.9 Å². The first-order valence-electron chi connectivity index (χ1n) is 6.75. The van der Waals surface area contributed by atoms with Gasteiger partial charge in [0.1, 0.15) is 5.75 Å². The van der Waals surface area contributed by atoms with Crippen LogP contribution < -0.4 is 4.74 Å². The summed E-state index contributed by atoms with van der Waals surface area (Å²) in [6.07, 6.45) is 3.79. The van der Waals surface area contributed by atoms with Crippen LogP contribution in [0.5, 0.6) is 5.75 Å². The van der Waals surface area contributed by atoms with E-state index in [0.29, 0.717) is 18.4 Å². The second kappa shape index (κ2) is 9.89. The highest BCUT2D eigenvalue weighted by atomic mass is 35.5. The molecular weight excluding hydrogens is 299 g/mol. The summed E-state index contributed by atoms with van der Waals surface area (Å²) < 4.78 is 5.69. The van der Waals surface area contributed by atoms with Gasteiger partial charge in [0.25, 0.3) is 0 Å². The van der Waals surface area contributed by atoms with Crippen molar-refractivity contribution < 1.29 is 14.6 Å². The van der Waals surface area contributed by atoms with E-state index in [9.17, 15) is 4.79 Å². The number of hydrogen-bond acceptors (Lipinski definition) is 2. The zero-order valence-corrected chi connectivity index (χ0v) is 12.9. The molecule has 112 valence electrons. The molecule has 0 aromatic heterocycles. The number of rotatable bonds is 10. The quantitative estimate of drug-likeness (QED) is 0.507. The van der Waals surface area contributed by atoms with E-state index in [4.69, 9.17) is 33.0 Å². The number of aliphatic carboxylic acids is 1. The van der Waals surface area contributed by atoms with E-state index >= 15 is 0 Å². The number of benzene rings is 1. The lowest BCUT2D eigenvalue weighted by Crippen LogP contribution is -1.99. The Bertz CT molecular complexity index is 399. The zero-order valence-electron chi connectivity index (χ0n) is 11.4. The van der Waals surface area contributed by atoms with Gasteiger partial charge in [-0.25, -0.2) is 0 Å². The van der Waals surface area contributed by atoms with Crippen molar-refractivity contribution in [2.75, 3.05) is 6.61 Å². The van der Waals surface area contributed by atoms with Crippen LogP contribution in [0.3, 0.4) is 0 Å². The number of halogens is 2. The van der Waals surface area contributed by atoms with Crippen LogP contribution in [0.25, 0.3) is 0 Å². The van der Waals surface area contributed by atoms with Gasteiger partial charge in [0.15, 0.2) is 0 Å². The maximum Gasteiger partial charge on any atom is 0.303 e. The van der Waals surface area contributed by atoms with Crippen LogP contribution in [0.2, 0.25) is 0 Å². The lowest BCUT2D eigenvalue weighted by Gasteiger charge is -2.09. The molecule has 1 aromatic rings. The van der Waals surface area contributed by atoms with E-state index in [-0.39, 0.29) is 6.42 Å². The number of carbonyl (C=O) groups is 1. The largest absolute Gasteiger partial charge is 0.494 e. The number of carboxylic acids is 1. The first kappa shape index (κ1) is 17.1. The minimum Gasteiger partial charge on any atom is -0.494 e. The lowest BCUT2D eigenvalue weighted by atomic mass is 10.1. The maximum atomic E-state index is 10.3. The molecule has 0 bridgehead atoms. The Labute approximate surface area is 129 Å². The smallest absolute Gasteiger partial charge is 0.303 e. The first-order valence-corrected chi connectivity index (χ1v) is 7.82. The van der Waals surface area contributed by atoms with Gasteiger partial charge in [-0.1, -0.05) is 18.9 Å². The Morgan fingerprint density at radius 2 is 1.60 bits per heavy atom. The molecule has 0 heterocycles. The number of unbranched alkanes of at least 4 members (excludes halogenated alkanes) is 3. The SMILES string of the molecule is O=C(O)CCCCCCOc1cc(CCl)cc(CCl)c1. The van der Waals surface area contributed by atoms with Gasteiger partial charge in [0.05, 0.1) is 6.61 Å². The third kappa shape index (κ3) is 7.01. The first-order chi connectivity index (χ1) is 9.65. The number of ether oxygens (including phenoxy) is 1. The summed E-state index contributed by atoms with van der Waals surface area (Å²) in [6, 6.07) is 5.82. The summed E-state index contributed by atoms with van der Waals surface area (Å²) in [5, 5.41) is 8.52. The molecule has 0 radical (unpaired) electrons. The van der Waals surface area contributed by atoms with Crippen LogP contribution >= 0.6 is 23.2 Å². The van der Waals surface area contributed by atoms with Gasteiger partial charge in [-0.2, -0.15) is 0 Å². The number of alkyl halides is 2. The van der Waals surface area contributed by atoms with Crippen LogP contribution in [0.4, 0.5) is 0 Å². The fourth-order valence-electron chi connectivity index (χ4n) is 1.89. The average Bonchev–Trinajstić information content (AvgIpc) is 2.45. The van der Waals surface area contributed by atoms with E-state index < -0.39 is 5.97 Å². The fraction of sp³-hybridized carbons (Fsp3) is 0.533. The van der Waals surface area contributed by atoms with Crippen LogP contribution in [-0.2, 0) is 16.6 Å². The summed E-state index contributed by atoms with van der Waals surface area (Å²) >= 11 is 11.7. The molecular formula is C15H20Cl2O3. The molecule has 0 aliphatic heterocycles. The van der Waals surface area contributed by atoms with Crippen molar-refractivity contribution in [3.05, 3.63) is 29.3 Å². The van der Waals surface area contributed by atoms with Crippen molar-refractivity contribution in [1.82, 2.24) is 0 Å². The van der Waals surface area contributed by atoms with Crippen molar-refractivity contribution in [3.8, 4) is 5.75 Å². The molecule has 0 saturated heterocycles. The Kier molecular flexibility index (Phi) is 8.47. The summed E-state index contributed by atoms with van der Waals surface area (Å²) in [6.45, 7) is 0.626. The summed E-state index contributed by atoms with van der Waals surface area (Å²) in [5.74, 6) is 0.948. The number of carboxylic acid groups (broad SMARTS) is 1. The molecule has 0 aliphatic rings. The van der Waals surface area contributed by atoms with Gasteiger partial charge in [-0.3, -0.25) is 4.79 Å². The van der Waals surface area contributed by atoms with Crippen molar-refractivity contribution in [3.63, 3.8) is 0 Å². The predicted octanol–water partition coefficient (Wildman–Crippen LogP) is 4.58. The van der Waals surface area contributed by atoms with Gasteiger partial charge in [-0.15, -0.1) is 23.2 Å². The molecule has 0 amide bonds. The van der Waals surface area contributed by atoms with Crippen LogP contribution in [0.15, 0.2) is 18.2 Å². The van der Waals surface area contributed by atoms with E-state index in [1.807, 2.05) is 18.2 Å². The summed E-state index contributed by atoms with van der Waals surface area (Å²) in [5.41, 5.74) is 2.00.